The molecule has 1 aromatic heterocycles. The van der Waals surface area contributed by atoms with Gasteiger partial charge in [0.1, 0.15) is 18.5 Å². The normalized spacial score (nSPS) is 22.7. The largest absolute Gasteiger partial charge is 0.508 e. The molecule has 0 unspecified atom stereocenters. The van der Waals surface area contributed by atoms with Crippen LogP contribution in [0.2, 0.25) is 0 Å². The van der Waals surface area contributed by atoms with E-state index in [1.807, 2.05) is 0 Å². The number of methoxy groups -OCH3 is 1. The van der Waals surface area contributed by atoms with Gasteiger partial charge in [0, 0.05) is 13.3 Å². The Kier molecular flexibility index (Phi) is 5.68. The van der Waals surface area contributed by atoms with Crippen LogP contribution in [0.4, 0.5) is 15.0 Å². The molecule has 1 aliphatic rings. The van der Waals surface area contributed by atoms with Gasteiger partial charge < -0.3 is 24.3 Å². The number of H-pyrrole nitrogens is 1. The van der Waals surface area contributed by atoms with Crippen molar-refractivity contribution in [3.05, 3.63) is 22.5 Å². The Morgan fingerprint density at radius 2 is 2.29 bits per heavy atom. The maximum atomic E-state index is 13.7. The van der Waals surface area contributed by atoms with Gasteiger partial charge in [0.25, 0.3) is 0 Å². The SMILES string of the molecule is COC(=O)OC[C@@H]1C[C@@H](OC(C)=O)[C@H](Nc2[nH]c(=O)ncc2F)O1. The van der Waals surface area contributed by atoms with Crippen LogP contribution in [0.25, 0.3) is 0 Å². The number of ether oxygens (including phenoxy) is 4. The van der Waals surface area contributed by atoms with Gasteiger partial charge in [0.15, 0.2) is 12.0 Å². The zero-order valence-corrected chi connectivity index (χ0v) is 12.9. The lowest BCUT2D eigenvalue weighted by Gasteiger charge is -2.20. The number of carbonyl (C=O) groups is 2. The summed E-state index contributed by atoms with van der Waals surface area (Å²) in [5, 5.41) is 2.60. The fourth-order valence-electron chi connectivity index (χ4n) is 2.14. The topological polar surface area (TPSA) is 129 Å². The average Bonchev–Trinajstić information content (AvgIpc) is 2.89. The van der Waals surface area contributed by atoms with Crippen molar-refractivity contribution in [1.29, 1.82) is 0 Å². The summed E-state index contributed by atoms with van der Waals surface area (Å²) in [7, 11) is 1.16. The van der Waals surface area contributed by atoms with Crippen LogP contribution in [0, 0.1) is 5.82 Å². The Balaban J connectivity index is 2.06. The molecule has 1 aliphatic heterocycles. The van der Waals surface area contributed by atoms with Gasteiger partial charge in [-0.2, -0.15) is 4.98 Å². The van der Waals surface area contributed by atoms with Crippen LogP contribution in [0.3, 0.4) is 0 Å². The molecule has 24 heavy (non-hydrogen) atoms. The average molecular weight is 345 g/mol. The summed E-state index contributed by atoms with van der Waals surface area (Å²) < 4.78 is 33.4. The summed E-state index contributed by atoms with van der Waals surface area (Å²) in [5.74, 6) is -1.63. The molecule has 2 heterocycles. The second-order valence-electron chi connectivity index (χ2n) is 4.88. The van der Waals surface area contributed by atoms with Gasteiger partial charge in [0.05, 0.1) is 19.4 Å². The molecule has 10 nitrogen and oxygen atoms in total. The Morgan fingerprint density at radius 1 is 1.54 bits per heavy atom. The molecule has 0 bridgehead atoms. The Labute approximate surface area is 135 Å². The summed E-state index contributed by atoms with van der Waals surface area (Å²) in [4.78, 5) is 38.8. The third kappa shape index (κ3) is 4.65. The van der Waals surface area contributed by atoms with Crippen molar-refractivity contribution in [3.8, 4) is 0 Å². The van der Waals surface area contributed by atoms with Crippen molar-refractivity contribution in [3.63, 3.8) is 0 Å². The highest BCUT2D eigenvalue weighted by molar-refractivity contribution is 5.66. The lowest BCUT2D eigenvalue weighted by Crippen LogP contribution is -2.34. The molecule has 1 fully saturated rings. The minimum absolute atomic E-state index is 0.141. The van der Waals surface area contributed by atoms with Crippen LogP contribution in [-0.4, -0.2) is 54.2 Å². The van der Waals surface area contributed by atoms with E-state index in [-0.39, 0.29) is 18.8 Å². The number of rotatable bonds is 5. The van der Waals surface area contributed by atoms with Crippen LogP contribution in [0.5, 0.6) is 0 Å². The molecule has 3 atom stereocenters. The van der Waals surface area contributed by atoms with E-state index in [4.69, 9.17) is 14.2 Å². The van der Waals surface area contributed by atoms with Crippen molar-refractivity contribution in [2.24, 2.45) is 0 Å². The van der Waals surface area contributed by atoms with E-state index in [2.05, 4.69) is 20.0 Å². The van der Waals surface area contributed by atoms with Gasteiger partial charge in [-0.1, -0.05) is 0 Å². The van der Waals surface area contributed by atoms with Gasteiger partial charge in [-0.05, 0) is 0 Å². The number of halogens is 1. The quantitative estimate of drug-likeness (QED) is 0.716. The fraction of sp³-hybridized carbons (Fsp3) is 0.538. The van der Waals surface area contributed by atoms with E-state index >= 15 is 0 Å². The van der Waals surface area contributed by atoms with Gasteiger partial charge >= 0.3 is 17.8 Å². The van der Waals surface area contributed by atoms with Crippen LogP contribution in [0.15, 0.2) is 11.0 Å². The number of esters is 1. The third-order valence-electron chi connectivity index (χ3n) is 3.10. The predicted molar refractivity (Wildman–Crippen MR) is 75.6 cm³/mol. The highest BCUT2D eigenvalue weighted by Gasteiger charge is 2.38. The highest BCUT2D eigenvalue weighted by atomic mass is 19.1. The van der Waals surface area contributed by atoms with Gasteiger partial charge in [-0.3, -0.25) is 9.78 Å². The monoisotopic (exact) mass is 345 g/mol. The molecule has 0 spiro atoms. The molecule has 2 rings (SSSR count). The molecule has 0 radical (unpaired) electrons. The minimum atomic E-state index is -0.951. The number of aromatic amines is 1. The van der Waals surface area contributed by atoms with E-state index in [1.165, 1.54) is 6.92 Å². The molecule has 1 aromatic rings. The molecule has 132 valence electrons. The second-order valence-corrected chi connectivity index (χ2v) is 4.88. The molecule has 0 amide bonds. The van der Waals surface area contributed by atoms with E-state index < -0.39 is 42.1 Å². The van der Waals surface area contributed by atoms with Crippen LogP contribution in [-0.2, 0) is 23.7 Å². The number of anilines is 1. The number of nitrogens with one attached hydrogen (secondary N) is 2. The van der Waals surface area contributed by atoms with Crippen LogP contribution in [0.1, 0.15) is 13.3 Å². The summed E-state index contributed by atoms with van der Waals surface area (Å²) >= 11 is 0. The Bertz CT molecular complexity index is 665. The highest BCUT2D eigenvalue weighted by Crippen LogP contribution is 2.25. The maximum Gasteiger partial charge on any atom is 0.508 e. The van der Waals surface area contributed by atoms with E-state index in [1.54, 1.807) is 0 Å². The number of aromatic nitrogens is 2. The molecule has 0 saturated carbocycles. The zero-order chi connectivity index (χ0) is 17.7. The van der Waals surface area contributed by atoms with Gasteiger partial charge in [-0.15, -0.1) is 0 Å². The summed E-state index contributed by atoms with van der Waals surface area (Å²) in [6, 6.07) is 0. The van der Waals surface area contributed by atoms with Crippen molar-refractivity contribution >= 4 is 17.9 Å². The molecule has 0 aromatic carbocycles. The Hall–Kier alpha value is -2.69. The lowest BCUT2D eigenvalue weighted by molar-refractivity contribution is -0.148. The molecular weight excluding hydrogens is 329 g/mol. The molecule has 2 N–H and O–H groups in total. The van der Waals surface area contributed by atoms with E-state index in [9.17, 15) is 18.8 Å². The smallest absolute Gasteiger partial charge is 0.458 e. The van der Waals surface area contributed by atoms with E-state index in [0.29, 0.717) is 0 Å². The summed E-state index contributed by atoms with van der Waals surface area (Å²) in [6.07, 6.45) is -2.27. The van der Waals surface area contributed by atoms with Crippen molar-refractivity contribution in [1.82, 2.24) is 9.97 Å². The molecule has 11 heteroatoms. The van der Waals surface area contributed by atoms with Gasteiger partial charge in [0.2, 0.25) is 0 Å². The molecule has 0 aliphatic carbocycles. The van der Waals surface area contributed by atoms with E-state index in [0.717, 1.165) is 13.3 Å². The summed E-state index contributed by atoms with van der Waals surface area (Å²) in [5.41, 5.74) is -0.758. The lowest BCUT2D eigenvalue weighted by atomic mass is 10.2. The molecular formula is C13H16FN3O7. The fourth-order valence-corrected chi connectivity index (χ4v) is 2.14. The van der Waals surface area contributed by atoms with Crippen LogP contribution >= 0.6 is 0 Å². The maximum absolute atomic E-state index is 13.7. The predicted octanol–water partition coefficient (Wildman–Crippen LogP) is 0.151. The standard InChI is InChI=1S/C13H16FN3O7/c1-6(18)23-9-3-7(5-22-13(20)21-2)24-11(9)16-10-8(14)4-15-12(19)17-10/h4,7,9,11H,3,5H2,1-2H3,(H2,15,16,17,19)/t7-,9+,11+/m0/s1. The number of hydrogen-bond acceptors (Lipinski definition) is 9. The zero-order valence-electron chi connectivity index (χ0n) is 12.9. The van der Waals surface area contributed by atoms with Crippen molar-refractivity contribution in [2.45, 2.75) is 31.8 Å². The molecule has 1 saturated heterocycles. The van der Waals surface area contributed by atoms with Crippen LogP contribution < -0.4 is 11.0 Å². The number of carbonyl (C=O) groups excluding carboxylic acids is 2. The first-order valence-corrected chi connectivity index (χ1v) is 6.93. The van der Waals surface area contributed by atoms with Crippen molar-refractivity contribution < 1.29 is 32.9 Å². The first kappa shape index (κ1) is 17.7. The first-order valence-electron chi connectivity index (χ1n) is 6.93. The van der Waals surface area contributed by atoms with Crippen molar-refractivity contribution in [2.75, 3.05) is 19.0 Å². The number of hydrogen-bond donors (Lipinski definition) is 2. The van der Waals surface area contributed by atoms with Gasteiger partial charge in [-0.25, -0.2) is 14.0 Å². The second kappa shape index (κ2) is 7.73. The first-order chi connectivity index (χ1) is 11.4. The number of nitrogens with zero attached hydrogens (tertiary/aromatic N) is 1. The summed E-state index contributed by atoms with van der Waals surface area (Å²) in [6.45, 7) is 1.07. The third-order valence-corrected chi connectivity index (χ3v) is 3.10. The minimum Gasteiger partial charge on any atom is -0.458 e. The Morgan fingerprint density at radius 3 is 2.96 bits per heavy atom.